The lowest BCUT2D eigenvalue weighted by atomic mass is 9.61. The Morgan fingerprint density at radius 2 is 1.75 bits per heavy atom. The van der Waals surface area contributed by atoms with Crippen molar-refractivity contribution < 1.29 is 9.84 Å². The molecule has 1 aliphatic heterocycles. The first-order valence-electron chi connectivity index (χ1n) is 9.84. The zero-order valence-electron chi connectivity index (χ0n) is 15.9. The number of aromatic nitrogens is 2. The van der Waals surface area contributed by atoms with Crippen molar-refractivity contribution in [3.8, 4) is 11.6 Å². The SMILES string of the molecule is Cc1nn(-c2ccc(Br)cc2)c2c1C[C@@]1(c3ccccc3)CCCC[C@]1(O)O2. The molecule has 3 aromatic rings. The Hall–Kier alpha value is -2.11. The van der Waals surface area contributed by atoms with Gasteiger partial charge in [0.15, 0.2) is 0 Å². The number of aliphatic hydroxyl groups is 1. The van der Waals surface area contributed by atoms with E-state index in [1.807, 2.05) is 54.1 Å². The van der Waals surface area contributed by atoms with Crippen LogP contribution in [0.4, 0.5) is 0 Å². The molecule has 0 saturated heterocycles. The summed E-state index contributed by atoms with van der Waals surface area (Å²) < 4.78 is 9.31. The van der Waals surface area contributed by atoms with Crippen molar-refractivity contribution in [2.75, 3.05) is 0 Å². The summed E-state index contributed by atoms with van der Waals surface area (Å²) in [6.07, 6.45) is 4.34. The third kappa shape index (κ3) is 2.56. The molecular weight excluding hydrogens is 416 g/mol. The Morgan fingerprint density at radius 1 is 1.04 bits per heavy atom. The van der Waals surface area contributed by atoms with Crippen LogP contribution in [0.2, 0.25) is 0 Å². The van der Waals surface area contributed by atoms with Crippen LogP contribution < -0.4 is 4.74 Å². The molecule has 4 nitrogen and oxygen atoms in total. The van der Waals surface area contributed by atoms with E-state index in [0.29, 0.717) is 12.3 Å². The largest absolute Gasteiger partial charge is 0.444 e. The van der Waals surface area contributed by atoms with Gasteiger partial charge < -0.3 is 9.84 Å². The zero-order chi connectivity index (χ0) is 19.4. The summed E-state index contributed by atoms with van der Waals surface area (Å²) in [4.78, 5) is 0. The second-order valence-corrected chi connectivity index (χ2v) is 8.89. The van der Waals surface area contributed by atoms with Crippen LogP contribution in [0.3, 0.4) is 0 Å². The van der Waals surface area contributed by atoms with Crippen LogP contribution in [0, 0.1) is 6.92 Å². The smallest absolute Gasteiger partial charge is 0.222 e. The van der Waals surface area contributed by atoms with Gasteiger partial charge in [-0.25, -0.2) is 4.68 Å². The van der Waals surface area contributed by atoms with E-state index in [-0.39, 0.29) is 0 Å². The van der Waals surface area contributed by atoms with Gasteiger partial charge in [0.25, 0.3) is 0 Å². The number of hydrogen-bond donors (Lipinski definition) is 1. The van der Waals surface area contributed by atoms with Crippen molar-refractivity contribution in [2.24, 2.45) is 0 Å². The Balaban J connectivity index is 1.67. The van der Waals surface area contributed by atoms with Crippen LogP contribution in [0.5, 0.6) is 5.88 Å². The van der Waals surface area contributed by atoms with Gasteiger partial charge in [-0.15, -0.1) is 0 Å². The number of aryl methyl sites for hydroxylation is 1. The number of halogens is 1. The highest BCUT2D eigenvalue weighted by atomic mass is 79.9. The van der Waals surface area contributed by atoms with Crippen LogP contribution in [-0.4, -0.2) is 20.7 Å². The lowest BCUT2D eigenvalue weighted by Gasteiger charge is -2.52. The molecule has 1 N–H and O–H groups in total. The van der Waals surface area contributed by atoms with Crippen LogP contribution in [-0.2, 0) is 11.8 Å². The van der Waals surface area contributed by atoms with Crippen LogP contribution in [0.25, 0.3) is 5.69 Å². The molecular formula is C23H23BrN2O2. The fraction of sp³-hybridized carbons (Fsp3) is 0.348. The molecule has 28 heavy (non-hydrogen) atoms. The lowest BCUT2D eigenvalue weighted by Crippen LogP contribution is -2.61. The fourth-order valence-corrected chi connectivity index (χ4v) is 5.16. The van der Waals surface area contributed by atoms with Crippen molar-refractivity contribution in [1.82, 2.24) is 9.78 Å². The van der Waals surface area contributed by atoms with Crippen molar-refractivity contribution in [3.05, 3.63) is 75.9 Å². The van der Waals surface area contributed by atoms with E-state index in [1.165, 1.54) is 0 Å². The Kier molecular flexibility index (Phi) is 4.14. The molecule has 0 unspecified atom stereocenters. The van der Waals surface area contributed by atoms with Gasteiger partial charge in [0.2, 0.25) is 11.7 Å². The Labute approximate surface area is 173 Å². The molecule has 2 heterocycles. The fourth-order valence-electron chi connectivity index (χ4n) is 4.90. The predicted molar refractivity (Wildman–Crippen MR) is 112 cm³/mol. The summed E-state index contributed by atoms with van der Waals surface area (Å²) in [5.41, 5.74) is 3.70. The first kappa shape index (κ1) is 18.0. The van der Waals surface area contributed by atoms with Gasteiger partial charge >= 0.3 is 0 Å². The molecule has 5 heteroatoms. The van der Waals surface area contributed by atoms with E-state index in [0.717, 1.165) is 52.7 Å². The third-order valence-electron chi connectivity index (χ3n) is 6.40. The summed E-state index contributed by atoms with van der Waals surface area (Å²) in [7, 11) is 0. The minimum Gasteiger partial charge on any atom is -0.444 e. The van der Waals surface area contributed by atoms with Gasteiger partial charge in [-0.3, -0.25) is 0 Å². The van der Waals surface area contributed by atoms with Gasteiger partial charge in [0, 0.05) is 16.5 Å². The Morgan fingerprint density at radius 3 is 2.50 bits per heavy atom. The molecule has 2 aliphatic rings. The summed E-state index contributed by atoms with van der Waals surface area (Å²) in [6.45, 7) is 2.03. The highest BCUT2D eigenvalue weighted by Crippen LogP contribution is 2.54. The number of hydrogen-bond acceptors (Lipinski definition) is 3. The number of benzene rings is 2. The van der Waals surface area contributed by atoms with Crippen molar-refractivity contribution in [1.29, 1.82) is 0 Å². The van der Waals surface area contributed by atoms with E-state index in [1.54, 1.807) is 0 Å². The molecule has 2 atom stereocenters. The van der Waals surface area contributed by atoms with Crippen molar-refractivity contribution in [3.63, 3.8) is 0 Å². The molecule has 144 valence electrons. The topological polar surface area (TPSA) is 47.3 Å². The van der Waals surface area contributed by atoms with Gasteiger partial charge in [-0.1, -0.05) is 52.7 Å². The molecule has 0 radical (unpaired) electrons. The minimum absolute atomic E-state index is 0.433. The standard InChI is InChI=1S/C23H23BrN2O2/c1-16-20-15-22(17-7-3-2-4-8-17)13-5-6-14-23(22,27)28-21(20)26(25-16)19-11-9-18(24)10-12-19/h2-4,7-12,27H,5-6,13-15H2,1H3/t22-,23+/m1/s1. The minimum atomic E-state index is -1.22. The molecule has 0 amide bonds. The van der Waals surface area contributed by atoms with Gasteiger partial charge in [-0.05, 0) is 56.0 Å². The second kappa shape index (κ2) is 6.46. The van der Waals surface area contributed by atoms with E-state index in [9.17, 15) is 5.11 Å². The van der Waals surface area contributed by atoms with E-state index >= 15 is 0 Å². The van der Waals surface area contributed by atoms with Gasteiger partial charge in [-0.2, -0.15) is 5.10 Å². The molecule has 1 aliphatic carbocycles. The summed E-state index contributed by atoms with van der Waals surface area (Å²) in [5, 5.41) is 16.6. The lowest BCUT2D eigenvalue weighted by molar-refractivity contribution is -0.222. The highest BCUT2D eigenvalue weighted by molar-refractivity contribution is 9.10. The molecule has 0 spiro atoms. The molecule has 1 aromatic heterocycles. The quantitative estimate of drug-likeness (QED) is 0.606. The van der Waals surface area contributed by atoms with Crippen molar-refractivity contribution in [2.45, 2.75) is 50.2 Å². The maximum absolute atomic E-state index is 11.8. The molecule has 0 bridgehead atoms. The molecule has 2 aromatic carbocycles. The number of fused-ring (bicyclic) bond motifs is 2. The van der Waals surface area contributed by atoms with Crippen LogP contribution in [0.15, 0.2) is 59.1 Å². The van der Waals surface area contributed by atoms with Crippen molar-refractivity contribution >= 4 is 15.9 Å². The van der Waals surface area contributed by atoms with E-state index in [4.69, 9.17) is 9.84 Å². The number of ether oxygens (including phenoxy) is 1. The zero-order valence-corrected chi connectivity index (χ0v) is 17.4. The first-order chi connectivity index (χ1) is 13.5. The first-order valence-corrected chi connectivity index (χ1v) is 10.6. The summed E-state index contributed by atoms with van der Waals surface area (Å²) >= 11 is 3.48. The average Bonchev–Trinajstić information content (AvgIpc) is 3.02. The van der Waals surface area contributed by atoms with E-state index in [2.05, 4.69) is 28.1 Å². The monoisotopic (exact) mass is 438 g/mol. The third-order valence-corrected chi connectivity index (χ3v) is 6.92. The molecule has 5 rings (SSSR count). The van der Waals surface area contributed by atoms with E-state index < -0.39 is 11.2 Å². The average molecular weight is 439 g/mol. The number of rotatable bonds is 2. The Bertz CT molecular complexity index is 1020. The molecule has 1 fully saturated rings. The van der Waals surface area contributed by atoms with Crippen LogP contribution >= 0.6 is 15.9 Å². The maximum Gasteiger partial charge on any atom is 0.222 e. The summed E-state index contributed by atoms with van der Waals surface area (Å²) in [6, 6.07) is 18.4. The highest BCUT2D eigenvalue weighted by Gasteiger charge is 2.59. The van der Waals surface area contributed by atoms with Gasteiger partial charge in [0.05, 0.1) is 16.8 Å². The predicted octanol–water partition coefficient (Wildman–Crippen LogP) is 5.08. The second-order valence-electron chi connectivity index (χ2n) is 7.98. The maximum atomic E-state index is 11.8. The normalized spacial score (nSPS) is 26.2. The van der Waals surface area contributed by atoms with Gasteiger partial charge in [0.1, 0.15) is 0 Å². The van der Waals surface area contributed by atoms with Crippen LogP contribution in [0.1, 0.15) is 42.5 Å². The number of nitrogens with zero attached hydrogens (tertiary/aromatic N) is 2. The molecule has 1 saturated carbocycles. The summed E-state index contributed by atoms with van der Waals surface area (Å²) in [5.74, 6) is -0.546.